The van der Waals surface area contributed by atoms with Gasteiger partial charge in [-0.05, 0) is 24.3 Å². The minimum atomic E-state index is -0.869. The predicted molar refractivity (Wildman–Crippen MR) is 70.4 cm³/mol. The number of carbonyl (C=O) groups is 3. The number of esters is 1. The smallest absolute Gasteiger partial charge is 0.350 e. The molecule has 0 fully saturated rings. The lowest BCUT2D eigenvalue weighted by atomic mass is 10.2. The maximum absolute atomic E-state index is 11.6. The number of unbranched alkanes of at least 4 members (excludes halogenated alkanes) is 1. The van der Waals surface area contributed by atoms with Gasteiger partial charge in [0, 0.05) is 12.8 Å². The number of rotatable bonds is 7. The number of hydrogen-bond donors (Lipinski definition) is 2. The Morgan fingerprint density at radius 3 is 2.63 bits per heavy atom. The van der Waals surface area contributed by atoms with Crippen LogP contribution in [0.2, 0.25) is 0 Å². The Labute approximate surface area is 114 Å². The fourth-order valence-electron chi connectivity index (χ4n) is 1.43. The molecule has 1 amide bonds. The van der Waals surface area contributed by atoms with Crippen molar-refractivity contribution in [2.45, 2.75) is 25.7 Å². The molecule has 104 valence electrons. The van der Waals surface area contributed by atoms with E-state index in [-0.39, 0.29) is 18.7 Å². The monoisotopic (exact) mass is 285 g/mol. The third-order valence-corrected chi connectivity index (χ3v) is 3.25. The highest BCUT2D eigenvalue weighted by atomic mass is 32.1. The van der Waals surface area contributed by atoms with Gasteiger partial charge in [-0.25, -0.2) is 4.79 Å². The second kappa shape index (κ2) is 7.52. The number of thiophene rings is 1. The van der Waals surface area contributed by atoms with Gasteiger partial charge in [-0.3, -0.25) is 9.59 Å². The van der Waals surface area contributed by atoms with Gasteiger partial charge in [0.25, 0.3) is 0 Å². The molecule has 0 atom stereocenters. The SMILES string of the molecule is COC(=O)c1sccc1NC(=O)CCCCC(=O)O. The summed E-state index contributed by atoms with van der Waals surface area (Å²) >= 11 is 1.19. The van der Waals surface area contributed by atoms with Crippen molar-refractivity contribution in [1.29, 1.82) is 0 Å². The van der Waals surface area contributed by atoms with Crippen LogP contribution >= 0.6 is 11.3 Å². The van der Waals surface area contributed by atoms with Crippen LogP contribution in [0.3, 0.4) is 0 Å². The van der Waals surface area contributed by atoms with Crippen molar-refractivity contribution in [3.63, 3.8) is 0 Å². The summed E-state index contributed by atoms with van der Waals surface area (Å²) in [5, 5.41) is 12.8. The first-order valence-electron chi connectivity index (χ1n) is 5.72. The molecule has 0 aliphatic carbocycles. The Kier molecular flexibility index (Phi) is 6.01. The molecule has 0 spiro atoms. The zero-order chi connectivity index (χ0) is 14.3. The highest BCUT2D eigenvalue weighted by molar-refractivity contribution is 7.12. The van der Waals surface area contributed by atoms with Crippen LogP contribution in [-0.4, -0.2) is 30.1 Å². The summed E-state index contributed by atoms with van der Waals surface area (Å²) in [6.07, 6.45) is 1.23. The number of anilines is 1. The molecule has 0 aliphatic rings. The summed E-state index contributed by atoms with van der Waals surface area (Å²) in [4.78, 5) is 33.6. The molecular formula is C12H15NO5S. The molecule has 1 aromatic heterocycles. The zero-order valence-electron chi connectivity index (χ0n) is 10.5. The summed E-state index contributed by atoms with van der Waals surface area (Å²) in [6.45, 7) is 0. The van der Waals surface area contributed by atoms with E-state index in [1.165, 1.54) is 18.4 Å². The minimum absolute atomic E-state index is 0.0547. The number of carboxylic acids is 1. The van der Waals surface area contributed by atoms with Gasteiger partial charge in [-0.1, -0.05) is 0 Å². The maximum Gasteiger partial charge on any atom is 0.350 e. The topological polar surface area (TPSA) is 92.7 Å². The molecule has 19 heavy (non-hydrogen) atoms. The standard InChI is InChI=1S/C12H15NO5S/c1-18-12(17)11-8(6-7-19-11)13-9(14)4-2-3-5-10(15)16/h6-7H,2-5H2,1H3,(H,13,14)(H,15,16). The fraction of sp³-hybridized carbons (Fsp3) is 0.417. The molecule has 0 saturated heterocycles. The first kappa shape index (κ1) is 15.2. The van der Waals surface area contributed by atoms with Gasteiger partial charge in [0.2, 0.25) is 5.91 Å². The van der Waals surface area contributed by atoms with Gasteiger partial charge in [0.15, 0.2) is 0 Å². The Hall–Kier alpha value is -1.89. The molecule has 2 N–H and O–H groups in total. The van der Waals surface area contributed by atoms with Crippen molar-refractivity contribution >= 4 is 34.9 Å². The molecule has 0 radical (unpaired) electrons. The van der Waals surface area contributed by atoms with E-state index in [1.54, 1.807) is 11.4 Å². The van der Waals surface area contributed by atoms with Crippen LogP contribution in [-0.2, 0) is 14.3 Å². The van der Waals surface area contributed by atoms with E-state index in [1.807, 2.05) is 0 Å². The maximum atomic E-state index is 11.6. The summed E-state index contributed by atoms with van der Waals surface area (Å²) in [5.41, 5.74) is 0.431. The van der Waals surface area contributed by atoms with Crippen LogP contribution in [0.25, 0.3) is 0 Å². The molecule has 1 heterocycles. The first-order valence-corrected chi connectivity index (χ1v) is 6.60. The quantitative estimate of drug-likeness (QED) is 0.591. The average Bonchev–Trinajstić information content (AvgIpc) is 2.81. The number of carbonyl (C=O) groups excluding carboxylic acids is 2. The van der Waals surface area contributed by atoms with E-state index in [2.05, 4.69) is 10.1 Å². The van der Waals surface area contributed by atoms with Crippen LogP contribution in [0, 0.1) is 0 Å². The molecule has 1 rings (SSSR count). The first-order chi connectivity index (χ1) is 9.04. The van der Waals surface area contributed by atoms with Crippen molar-refractivity contribution < 1.29 is 24.2 Å². The molecule has 7 heteroatoms. The molecule has 6 nitrogen and oxygen atoms in total. The zero-order valence-corrected chi connectivity index (χ0v) is 11.3. The molecular weight excluding hydrogens is 270 g/mol. The highest BCUT2D eigenvalue weighted by Gasteiger charge is 2.15. The Morgan fingerprint density at radius 2 is 2.00 bits per heavy atom. The third-order valence-electron chi connectivity index (χ3n) is 2.35. The number of aliphatic carboxylic acids is 1. The minimum Gasteiger partial charge on any atom is -0.481 e. The van der Waals surface area contributed by atoms with E-state index in [0.717, 1.165) is 0 Å². The lowest BCUT2D eigenvalue weighted by Gasteiger charge is -2.05. The van der Waals surface area contributed by atoms with Crippen molar-refractivity contribution in [3.8, 4) is 0 Å². The lowest BCUT2D eigenvalue weighted by molar-refractivity contribution is -0.137. The van der Waals surface area contributed by atoms with E-state index in [0.29, 0.717) is 23.4 Å². The van der Waals surface area contributed by atoms with Gasteiger partial charge in [0.05, 0.1) is 12.8 Å². The molecule has 1 aromatic rings. The Morgan fingerprint density at radius 1 is 1.32 bits per heavy atom. The summed E-state index contributed by atoms with van der Waals surface area (Å²) in [5.74, 6) is -1.60. The van der Waals surface area contributed by atoms with Gasteiger partial charge in [-0.15, -0.1) is 11.3 Å². The summed E-state index contributed by atoms with van der Waals surface area (Å²) in [7, 11) is 1.28. The van der Waals surface area contributed by atoms with Crippen molar-refractivity contribution in [2.24, 2.45) is 0 Å². The second-order valence-electron chi connectivity index (χ2n) is 3.80. The summed E-state index contributed by atoms with van der Waals surface area (Å²) in [6, 6.07) is 1.63. The third kappa shape index (κ3) is 5.09. The van der Waals surface area contributed by atoms with Gasteiger partial charge >= 0.3 is 11.9 Å². The van der Waals surface area contributed by atoms with Crippen LogP contribution in [0.1, 0.15) is 35.4 Å². The van der Waals surface area contributed by atoms with E-state index in [4.69, 9.17) is 5.11 Å². The van der Waals surface area contributed by atoms with Crippen LogP contribution in [0.15, 0.2) is 11.4 Å². The number of amides is 1. The van der Waals surface area contributed by atoms with Gasteiger partial charge in [-0.2, -0.15) is 0 Å². The predicted octanol–water partition coefficient (Wildman–Crippen LogP) is 2.12. The van der Waals surface area contributed by atoms with Crippen LogP contribution in [0.5, 0.6) is 0 Å². The number of nitrogens with one attached hydrogen (secondary N) is 1. The van der Waals surface area contributed by atoms with Crippen molar-refractivity contribution in [2.75, 3.05) is 12.4 Å². The molecule has 0 bridgehead atoms. The van der Waals surface area contributed by atoms with E-state index in [9.17, 15) is 14.4 Å². The molecule has 0 aliphatic heterocycles. The van der Waals surface area contributed by atoms with Gasteiger partial charge < -0.3 is 15.2 Å². The Bertz CT molecular complexity index is 468. The normalized spacial score (nSPS) is 9.95. The molecule has 0 aromatic carbocycles. The highest BCUT2D eigenvalue weighted by Crippen LogP contribution is 2.23. The number of carboxylic acid groups (broad SMARTS) is 1. The van der Waals surface area contributed by atoms with E-state index >= 15 is 0 Å². The van der Waals surface area contributed by atoms with Crippen LogP contribution < -0.4 is 5.32 Å². The number of methoxy groups -OCH3 is 1. The largest absolute Gasteiger partial charge is 0.481 e. The second-order valence-corrected chi connectivity index (χ2v) is 4.72. The Balaban J connectivity index is 2.42. The lowest BCUT2D eigenvalue weighted by Crippen LogP contribution is -2.13. The van der Waals surface area contributed by atoms with Crippen molar-refractivity contribution in [3.05, 3.63) is 16.3 Å². The fourth-order valence-corrected chi connectivity index (χ4v) is 2.20. The number of hydrogen-bond acceptors (Lipinski definition) is 5. The number of ether oxygens (including phenoxy) is 1. The molecule has 0 unspecified atom stereocenters. The van der Waals surface area contributed by atoms with Crippen LogP contribution in [0.4, 0.5) is 5.69 Å². The molecule has 0 saturated carbocycles. The van der Waals surface area contributed by atoms with E-state index < -0.39 is 11.9 Å². The summed E-state index contributed by atoms with van der Waals surface area (Å²) < 4.78 is 4.60. The van der Waals surface area contributed by atoms with Gasteiger partial charge in [0.1, 0.15) is 4.88 Å². The van der Waals surface area contributed by atoms with Crippen molar-refractivity contribution in [1.82, 2.24) is 0 Å². The average molecular weight is 285 g/mol.